The highest BCUT2D eigenvalue weighted by Crippen LogP contribution is 2.12. The molecule has 1 rings (SSSR count). The predicted molar refractivity (Wildman–Crippen MR) is 75.6 cm³/mol. The van der Waals surface area contributed by atoms with E-state index in [0.29, 0.717) is 11.5 Å². The van der Waals surface area contributed by atoms with Crippen molar-refractivity contribution in [3.63, 3.8) is 0 Å². The van der Waals surface area contributed by atoms with Gasteiger partial charge in [0.25, 0.3) is 5.91 Å². The summed E-state index contributed by atoms with van der Waals surface area (Å²) in [5, 5.41) is 13.1. The third-order valence-corrected chi connectivity index (χ3v) is 3.19. The Labute approximate surface area is 119 Å². The molecule has 0 saturated carbocycles. The van der Waals surface area contributed by atoms with E-state index >= 15 is 0 Å². The maximum absolute atomic E-state index is 12.3. The van der Waals surface area contributed by atoms with Crippen LogP contribution in [0.4, 0.5) is 0 Å². The van der Waals surface area contributed by atoms with E-state index < -0.39 is 11.9 Å². The lowest BCUT2D eigenvalue weighted by atomic mass is 10.1. The topological polar surface area (TPSA) is 75.4 Å². The molecule has 1 amide bonds. The summed E-state index contributed by atoms with van der Waals surface area (Å²) in [6, 6.07) is 0. The number of rotatable bonds is 6. The lowest BCUT2D eigenvalue weighted by molar-refractivity contribution is -0.141. The van der Waals surface area contributed by atoms with E-state index in [2.05, 4.69) is 18.9 Å². The highest BCUT2D eigenvalue weighted by Gasteiger charge is 2.21. The minimum atomic E-state index is -0.906. The molecule has 0 aliphatic carbocycles. The van der Waals surface area contributed by atoms with Gasteiger partial charge in [0.05, 0.1) is 17.7 Å². The van der Waals surface area contributed by atoms with E-state index in [9.17, 15) is 9.59 Å². The van der Waals surface area contributed by atoms with Crippen molar-refractivity contribution in [2.45, 2.75) is 34.2 Å². The quantitative estimate of drug-likeness (QED) is 0.860. The predicted octanol–water partition coefficient (Wildman–Crippen LogP) is 1.64. The van der Waals surface area contributed by atoms with E-state index in [1.807, 2.05) is 11.6 Å². The van der Waals surface area contributed by atoms with Crippen LogP contribution in [0.5, 0.6) is 0 Å². The van der Waals surface area contributed by atoms with Crippen LogP contribution >= 0.6 is 0 Å². The Morgan fingerprint density at radius 1 is 1.40 bits per heavy atom. The first-order chi connectivity index (χ1) is 9.23. The van der Waals surface area contributed by atoms with E-state index in [1.54, 1.807) is 20.2 Å². The van der Waals surface area contributed by atoms with E-state index in [-0.39, 0.29) is 12.5 Å². The van der Waals surface area contributed by atoms with Crippen LogP contribution in [0.2, 0.25) is 0 Å². The summed E-state index contributed by atoms with van der Waals surface area (Å²) in [4.78, 5) is 24.6. The van der Waals surface area contributed by atoms with Crippen molar-refractivity contribution >= 4 is 11.9 Å². The Kier molecular flexibility index (Phi) is 5.30. The van der Waals surface area contributed by atoms with Crippen LogP contribution in [0.3, 0.4) is 0 Å². The van der Waals surface area contributed by atoms with Gasteiger partial charge in [0.1, 0.15) is 0 Å². The van der Waals surface area contributed by atoms with Crippen LogP contribution in [0.1, 0.15) is 36.8 Å². The number of carboxylic acid groups (broad SMARTS) is 1. The third-order valence-electron chi connectivity index (χ3n) is 3.19. The van der Waals surface area contributed by atoms with Crippen LogP contribution in [0.25, 0.3) is 0 Å². The normalized spacial score (nSPS) is 12.5. The Morgan fingerprint density at radius 3 is 2.50 bits per heavy atom. The van der Waals surface area contributed by atoms with Gasteiger partial charge in [-0.3, -0.25) is 14.3 Å². The summed E-state index contributed by atoms with van der Waals surface area (Å²) >= 11 is 0. The van der Waals surface area contributed by atoms with Gasteiger partial charge in [-0.05, 0) is 12.8 Å². The van der Waals surface area contributed by atoms with Crippen LogP contribution in [-0.4, -0.2) is 45.3 Å². The zero-order chi connectivity index (χ0) is 15.4. The Balaban J connectivity index is 2.82. The number of nitrogens with zero attached hydrogens (tertiary/aromatic N) is 3. The molecule has 1 unspecified atom stereocenters. The Morgan fingerprint density at radius 2 is 2.00 bits per heavy atom. The summed E-state index contributed by atoms with van der Waals surface area (Å²) in [6.07, 6.45) is 1.56. The van der Waals surface area contributed by atoms with Gasteiger partial charge in [-0.2, -0.15) is 5.10 Å². The van der Waals surface area contributed by atoms with Crippen molar-refractivity contribution in [2.75, 3.05) is 13.6 Å². The molecule has 0 radical (unpaired) electrons. The molecule has 0 aliphatic rings. The number of amides is 1. The van der Waals surface area contributed by atoms with Crippen molar-refractivity contribution in [1.29, 1.82) is 0 Å². The molecule has 0 spiro atoms. The van der Waals surface area contributed by atoms with Gasteiger partial charge in [-0.1, -0.05) is 20.8 Å². The molecule has 0 bridgehead atoms. The van der Waals surface area contributed by atoms with Crippen LogP contribution in [0.15, 0.2) is 6.20 Å². The average Bonchev–Trinajstić information content (AvgIpc) is 2.69. The summed E-state index contributed by atoms with van der Waals surface area (Å²) in [7, 11) is 1.61. The minimum Gasteiger partial charge on any atom is -0.481 e. The molecule has 0 aromatic carbocycles. The zero-order valence-electron chi connectivity index (χ0n) is 12.8. The van der Waals surface area contributed by atoms with Gasteiger partial charge >= 0.3 is 5.97 Å². The molecule has 20 heavy (non-hydrogen) atoms. The standard InChI is InChI=1S/C14H23N3O3/c1-9(2)7-17-11(4)12(6-15-17)13(18)16(5)8-10(3)14(19)20/h6,9-10H,7-8H2,1-5H3,(H,19,20). The number of aliphatic carboxylic acids is 1. The SMILES string of the molecule is Cc1c(C(=O)N(C)CC(C)C(=O)O)cnn1CC(C)C. The summed E-state index contributed by atoms with van der Waals surface area (Å²) in [6.45, 7) is 8.56. The molecule has 1 N–H and O–H groups in total. The second-order valence-corrected chi connectivity index (χ2v) is 5.64. The van der Waals surface area contributed by atoms with Crippen LogP contribution in [-0.2, 0) is 11.3 Å². The third kappa shape index (κ3) is 3.82. The molecule has 6 heteroatoms. The molecule has 112 valence electrons. The summed E-state index contributed by atoms with van der Waals surface area (Å²) < 4.78 is 1.81. The molecule has 6 nitrogen and oxygen atoms in total. The van der Waals surface area contributed by atoms with Gasteiger partial charge in [-0.15, -0.1) is 0 Å². The number of hydrogen-bond donors (Lipinski definition) is 1. The first kappa shape index (κ1) is 16.2. The fourth-order valence-corrected chi connectivity index (χ4v) is 1.96. The first-order valence-electron chi connectivity index (χ1n) is 6.74. The lowest BCUT2D eigenvalue weighted by Gasteiger charge is -2.19. The smallest absolute Gasteiger partial charge is 0.308 e. The summed E-state index contributed by atoms with van der Waals surface area (Å²) in [5.41, 5.74) is 1.35. The maximum atomic E-state index is 12.3. The highest BCUT2D eigenvalue weighted by atomic mass is 16.4. The van der Waals surface area contributed by atoms with Crippen molar-refractivity contribution < 1.29 is 14.7 Å². The maximum Gasteiger partial charge on any atom is 0.308 e. The van der Waals surface area contributed by atoms with Crippen LogP contribution in [0, 0.1) is 18.8 Å². The van der Waals surface area contributed by atoms with Crippen molar-refractivity contribution in [2.24, 2.45) is 11.8 Å². The van der Waals surface area contributed by atoms with Gasteiger partial charge < -0.3 is 10.0 Å². The molecule has 0 aliphatic heterocycles. The number of aromatic nitrogens is 2. The lowest BCUT2D eigenvalue weighted by Crippen LogP contribution is -2.33. The van der Waals surface area contributed by atoms with Crippen molar-refractivity contribution in [1.82, 2.24) is 14.7 Å². The minimum absolute atomic E-state index is 0.183. The molecule has 1 heterocycles. The van der Waals surface area contributed by atoms with Gasteiger partial charge in [0.2, 0.25) is 0 Å². The molecule has 1 aromatic rings. The van der Waals surface area contributed by atoms with Gasteiger partial charge in [-0.25, -0.2) is 0 Å². The molecule has 1 atom stereocenters. The molecular formula is C14H23N3O3. The summed E-state index contributed by atoms with van der Waals surface area (Å²) in [5.74, 6) is -1.24. The fourth-order valence-electron chi connectivity index (χ4n) is 1.96. The number of carboxylic acids is 1. The number of carbonyl (C=O) groups excluding carboxylic acids is 1. The Bertz CT molecular complexity index is 494. The fraction of sp³-hybridized carbons (Fsp3) is 0.643. The largest absolute Gasteiger partial charge is 0.481 e. The average molecular weight is 281 g/mol. The van der Waals surface area contributed by atoms with Crippen molar-refractivity contribution in [3.8, 4) is 0 Å². The van der Waals surface area contributed by atoms with E-state index in [4.69, 9.17) is 5.11 Å². The second kappa shape index (κ2) is 6.54. The molecule has 1 aromatic heterocycles. The molecule has 0 saturated heterocycles. The zero-order valence-corrected chi connectivity index (χ0v) is 12.8. The monoisotopic (exact) mass is 281 g/mol. The number of carbonyl (C=O) groups is 2. The van der Waals surface area contributed by atoms with E-state index in [1.165, 1.54) is 4.90 Å². The van der Waals surface area contributed by atoms with E-state index in [0.717, 1.165) is 12.2 Å². The van der Waals surface area contributed by atoms with Gasteiger partial charge in [0, 0.05) is 25.8 Å². The van der Waals surface area contributed by atoms with Crippen molar-refractivity contribution in [3.05, 3.63) is 17.5 Å². The first-order valence-corrected chi connectivity index (χ1v) is 6.74. The van der Waals surface area contributed by atoms with Gasteiger partial charge in [0.15, 0.2) is 0 Å². The molecular weight excluding hydrogens is 258 g/mol. The second-order valence-electron chi connectivity index (χ2n) is 5.64. The Hall–Kier alpha value is -1.85. The van der Waals surface area contributed by atoms with Crippen LogP contribution < -0.4 is 0 Å². The number of hydrogen-bond acceptors (Lipinski definition) is 3. The molecule has 0 fully saturated rings. The highest BCUT2D eigenvalue weighted by molar-refractivity contribution is 5.95.